The van der Waals surface area contributed by atoms with Crippen LogP contribution in [0.1, 0.15) is 24.2 Å². The molecule has 0 bridgehead atoms. The first-order valence-electron chi connectivity index (χ1n) is 13.1. The normalized spacial score (nSPS) is 15.8. The van der Waals surface area contributed by atoms with Crippen molar-refractivity contribution in [2.75, 3.05) is 23.1 Å². The third-order valence-corrected chi connectivity index (χ3v) is 8.71. The Kier molecular flexibility index (Phi) is 9.18. The van der Waals surface area contributed by atoms with Crippen molar-refractivity contribution in [1.29, 1.82) is 0 Å². The lowest BCUT2D eigenvalue weighted by Gasteiger charge is -2.23. The number of urea groups is 1. The second kappa shape index (κ2) is 12.9. The Labute approximate surface area is 261 Å². The number of alkyl halides is 3. The maximum absolute atomic E-state index is 15.1. The predicted molar refractivity (Wildman–Crippen MR) is 162 cm³/mol. The highest BCUT2D eigenvalue weighted by Gasteiger charge is 2.38. The van der Waals surface area contributed by atoms with Gasteiger partial charge in [0.15, 0.2) is 21.8 Å². The molecule has 2 unspecified atom stereocenters. The van der Waals surface area contributed by atoms with Crippen LogP contribution in [0, 0.1) is 12.7 Å². The van der Waals surface area contributed by atoms with E-state index in [0.717, 1.165) is 41.1 Å². The first-order chi connectivity index (χ1) is 21.3. The van der Waals surface area contributed by atoms with Gasteiger partial charge in [-0.2, -0.15) is 18.2 Å². The minimum atomic E-state index is -4.88. The standard InChI is InChI=1S/C29H24F4N6O4S2/c1-16-4-10-21(17(2)43-3)24(12-16)39-25(40)14-44-28(39)36-27(41)35-23-11-5-18(13-22(23)30)26-34-15-38(37-26)19-6-8-20(9-7-19)45(42)29(31,32)33/h4-13,15,17H,14H2,1-3H3,(H,35,41). The number of halogens is 4. The van der Waals surface area contributed by atoms with Crippen LogP contribution in [0.25, 0.3) is 17.1 Å². The number of ether oxygens (including phenoxy) is 1. The lowest BCUT2D eigenvalue weighted by Crippen LogP contribution is -2.31. The molecule has 0 saturated carbocycles. The molecule has 2 heterocycles. The highest BCUT2D eigenvalue weighted by atomic mass is 32.2. The first kappa shape index (κ1) is 32.0. The van der Waals surface area contributed by atoms with Gasteiger partial charge in [-0.3, -0.25) is 9.69 Å². The number of nitrogens with zero attached hydrogens (tertiary/aromatic N) is 5. The van der Waals surface area contributed by atoms with Crippen molar-refractivity contribution >= 4 is 51.0 Å². The maximum Gasteiger partial charge on any atom is 0.475 e. The summed E-state index contributed by atoms with van der Waals surface area (Å²) in [7, 11) is -1.62. The Morgan fingerprint density at radius 2 is 1.87 bits per heavy atom. The number of nitrogens with one attached hydrogen (secondary N) is 1. The van der Waals surface area contributed by atoms with E-state index in [4.69, 9.17) is 4.74 Å². The minimum absolute atomic E-state index is 0.0702. The van der Waals surface area contributed by atoms with E-state index < -0.39 is 33.1 Å². The summed E-state index contributed by atoms with van der Waals surface area (Å²) in [4.78, 5) is 34.8. The topological polar surface area (TPSA) is 119 Å². The summed E-state index contributed by atoms with van der Waals surface area (Å²) < 4.78 is 71.4. The summed E-state index contributed by atoms with van der Waals surface area (Å²) >= 11 is 1.08. The number of thioether (sulfide) groups is 1. The molecule has 5 rings (SSSR count). The molecule has 2 atom stereocenters. The molecule has 234 valence electrons. The summed E-state index contributed by atoms with van der Waals surface area (Å²) in [6.45, 7) is 3.71. The third-order valence-electron chi connectivity index (χ3n) is 6.67. The molecule has 3 aromatic carbocycles. The van der Waals surface area contributed by atoms with Crippen molar-refractivity contribution in [3.8, 4) is 17.1 Å². The van der Waals surface area contributed by atoms with E-state index in [9.17, 15) is 27.0 Å². The number of anilines is 2. The minimum Gasteiger partial charge on any atom is -0.377 e. The van der Waals surface area contributed by atoms with Crippen molar-refractivity contribution in [2.24, 2.45) is 4.99 Å². The monoisotopic (exact) mass is 660 g/mol. The van der Waals surface area contributed by atoms with Gasteiger partial charge in [-0.15, -0.1) is 5.10 Å². The Hall–Kier alpha value is -4.41. The van der Waals surface area contributed by atoms with Gasteiger partial charge in [-0.1, -0.05) is 23.9 Å². The highest BCUT2D eigenvalue weighted by molar-refractivity contribution is 8.15. The molecule has 0 spiro atoms. The fourth-order valence-corrected chi connectivity index (χ4v) is 5.87. The molecule has 10 nitrogen and oxygen atoms in total. The van der Waals surface area contributed by atoms with Gasteiger partial charge in [0, 0.05) is 23.1 Å². The molecule has 45 heavy (non-hydrogen) atoms. The molecule has 0 aliphatic carbocycles. The molecular formula is C29H24F4N6O4S2. The Bertz CT molecular complexity index is 1830. The van der Waals surface area contributed by atoms with Crippen molar-refractivity contribution in [2.45, 2.75) is 30.4 Å². The number of rotatable bonds is 7. The van der Waals surface area contributed by atoms with Crippen molar-refractivity contribution in [1.82, 2.24) is 14.8 Å². The molecule has 3 amide bonds. The number of amides is 3. The summed E-state index contributed by atoms with van der Waals surface area (Å²) in [6, 6.07) is 13.3. The third kappa shape index (κ3) is 6.97. The quantitative estimate of drug-likeness (QED) is 0.229. The lowest BCUT2D eigenvalue weighted by atomic mass is 10.0. The fraction of sp³-hybridized carbons (Fsp3) is 0.207. The molecule has 16 heteroatoms. The number of carbonyl (C=O) groups is 2. The van der Waals surface area contributed by atoms with E-state index in [0.29, 0.717) is 11.4 Å². The molecule has 0 radical (unpaired) electrons. The lowest BCUT2D eigenvalue weighted by molar-refractivity contribution is -0.115. The number of aryl methyl sites for hydroxylation is 1. The van der Waals surface area contributed by atoms with Crippen LogP contribution in [-0.4, -0.2) is 54.5 Å². The first-order valence-corrected chi connectivity index (χ1v) is 15.3. The number of aliphatic imine (C=N–C) groups is 1. The average molecular weight is 661 g/mol. The van der Waals surface area contributed by atoms with Gasteiger partial charge in [-0.05, 0) is 67.9 Å². The zero-order valence-electron chi connectivity index (χ0n) is 23.8. The van der Waals surface area contributed by atoms with E-state index in [2.05, 4.69) is 20.4 Å². The number of carbonyl (C=O) groups excluding carboxylic acids is 2. The van der Waals surface area contributed by atoms with E-state index >= 15 is 4.39 Å². The van der Waals surface area contributed by atoms with E-state index in [-0.39, 0.29) is 40.0 Å². The van der Waals surface area contributed by atoms with Crippen LogP contribution in [0.5, 0.6) is 0 Å². The SMILES string of the molecule is COC(C)c1ccc(C)cc1N1C(=O)CSC1=NC(=O)Nc1ccc(-c2ncn(-c3ccc(S(=O)C(F)(F)F)cc3)n2)cc1F. The Balaban J connectivity index is 1.32. The average Bonchev–Trinajstić information content (AvgIpc) is 3.64. The van der Waals surface area contributed by atoms with Crippen LogP contribution in [-0.2, 0) is 20.3 Å². The van der Waals surface area contributed by atoms with Gasteiger partial charge in [-0.25, -0.2) is 23.1 Å². The van der Waals surface area contributed by atoms with Gasteiger partial charge in [0.25, 0.3) is 0 Å². The zero-order chi connectivity index (χ0) is 32.5. The molecule has 1 aromatic heterocycles. The molecule has 1 saturated heterocycles. The van der Waals surface area contributed by atoms with Gasteiger partial charge < -0.3 is 10.1 Å². The summed E-state index contributed by atoms with van der Waals surface area (Å²) in [6.07, 6.45) is 0.951. The molecule has 4 aromatic rings. The summed E-state index contributed by atoms with van der Waals surface area (Å²) in [5.41, 5.74) is -2.29. The zero-order valence-corrected chi connectivity index (χ0v) is 25.5. The van der Waals surface area contributed by atoms with E-state index in [1.54, 1.807) is 13.2 Å². The highest BCUT2D eigenvalue weighted by Crippen LogP contribution is 2.35. The molecular weight excluding hydrogens is 636 g/mol. The van der Waals surface area contributed by atoms with Crippen molar-refractivity contribution < 1.29 is 36.1 Å². The summed E-state index contributed by atoms with van der Waals surface area (Å²) in [5, 5.41) is 6.76. The molecule has 1 N–H and O–H groups in total. The Morgan fingerprint density at radius 3 is 2.53 bits per heavy atom. The van der Waals surface area contributed by atoms with Crippen molar-refractivity contribution in [3.63, 3.8) is 0 Å². The molecule has 1 aliphatic rings. The number of hydrogen-bond donors (Lipinski definition) is 1. The van der Waals surface area contributed by atoms with Gasteiger partial charge in [0.05, 0.1) is 28.9 Å². The number of benzene rings is 3. The van der Waals surface area contributed by atoms with E-state index in [1.807, 2.05) is 26.0 Å². The smallest absolute Gasteiger partial charge is 0.377 e. The Morgan fingerprint density at radius 1 is 1.13 bits per heavy atom. The summed E-state index contributed by atoms with van der Waals surface area (Å²) in [5.74, 6) is -0.902. The molecule has 1 aliphatic heterocycles. The predicted octanol–water partition coefficient (Wildman–Crippen LogP) is 6.38. The largest absolute Gasteiger partial charge is 0.475 e. The van der Waals surface area contributed by atoms with Crippen molar-refractivity contribution in [3.05, 3.63) is 83.9 Å². The van der Waals surface area contributed by atoms with Gasteiger partial charge >= 0.3 is 11.5 Å². The fourth-order valence-electron chi connectivity index (χ4n) is 4.36. The second-order valence-corrected chi connectivity index (χ2v) is 12.1. The number of aromatic nitrogens is 3. The maximum atomic E-state index is 15.1. The second-order valence-electron chi connectivity index (χ2n) is 9.70. The van der Waals surface area contributed by atoms with Crippen LogP contribution in [0.15, 0.2) is 76.9 Å². The van der Waals surface area contributed by atoms with Crippen LogP contribution >= 0.6 is 11.8 Å². The van der Waals surface area contributed by atoms with Gasteiger partial charge in [0.1, 0.15) is 12.1 Å². The van der Waals surface area contributed by atoms with Crippen LogP contribution in [0.4, 0.5) is 33.7 Å². The number of hydrogen-bond acceptors (Lipinski definition) is 7. The number of amidine groups is 1. The van der Waals surface area contributed by atoms with E-state index in [1.165, 1.54) is 40.2 Å². The van der Waals surface area contributed by atoms with Crippen LogP contribution < -0.4 is 10.2 Å². The number of methoxy groups -OCH3 is 1. The molecule has 1 fully saturated rings. The van der Waals surface area contributed by atoms with Crippen LogP contribution in [0.3, 0.4) is 0 Å². The van der Waals surface area contributed by atoms with Gasteiger partial charge in [0.2, 0.25) is 5.91 Å². The van der Waals surface area contributed by atoms with Crippen LogP contribution in [0.2, 0.25) is 0 Å².